The van der Waals surface area contributed by atoms with Crippen LogP contribution in [0.5, 0.6) is 5.75 Å². The largest absolute Gasteiger partial charge is 0.484 e. The summed E-state index contributed by atoms with van der Waals surface area (Å²) in [5.74, 6) is -0.346. The van der Waals surface area contributed by atoms with E-state index in [0.717, 1.165) is 0 Å². The summed E-state index contributed by atoms with van der Waals surface area (Å²) in [6.07, 6.45) is 4.10. The number of amides is 2. The summed E-state index contributed by atoms with van der Waals surface area (Å²) in [4.78, 5) is 33.0. The number of nitrogens with one attached hydrogen (secondary N) is 2. The topological polar surface area (TPSA) is 124 Å². The smallest absolute Gasteiger partial charge is 0.276 e. The van der Waals surface area contributed by atoms with Gasteiger partial charge in [0.25, 0.3) is 17.5 Å². The normalized spacial score (nSPS) is 10.3. The Labute approximate surface area is 136 Å². The van der Waals surface area contributed by atoms with Crippen molar-refractivity contribution in [3.05, 3.63) is 64.6 Å². The van der Waals surface area contributed by atoms with Crippen molar-refractivity contribution in [1.29, 1.82) is 0 Å². The van der Waals surface area contributed by atoms with Gasteiger partial charge in [0.1, 0.15) is 11.5 Å². The number of hydrogen-bond acceptors (Lipinski definition) is 6. The molecule has 0 saturated carbocycles. The molecule has 0 unspecified atom stereocenters. The van der Waals surface area contributed by atoms with Gasteiger partial charge in [0.05, 0.1) is 11.2 Å². The van der Waals surface area contributed by atoms with Crippen LogP contribution in [-0.4, -0.2) is 23.3 Å². The number of nitro benzene ring substituents is 1. The summed E-state index contributed by atoms with van der Waals surface area (Å²) in [7, 11) is 0. The van der Waals surface area contributed by atoms with Gasteiger partial charge in [-0.05, 0) is 30.3 Å². The SMILES string of the molecule is O=C(C=Cc1ccco1)NNC(=O)COc1ccc([N+](=O)[O-])cc1. The average molecular weight is 331 g/mol. The maximum Gasteiger partial charge on any atom is 0.276 e. The van der Waals surface area contributed by atoms with Crippen molar-refractivity contribution in [2.45, 2.75) is 0 Å². The zero-order chi connectivity index (χ0) is 17.4. The van der Waals surface area contributed by atoms with Gasteiger partial charge in [0, 0.05) is 18.2 Å². The molecule has 9 nitrogen and oxygen atoms in total. The van der Waals surface area contributed by atoms with Crippen LogP contribution in [-0.2, 0) is 9.59 Å². The van der Waals surface area contributed by atoms with Crippen LogP contribution in [0.25, 0.3) is 6.08 Å². The monoisotopic (exact) mass is 331 g/mol. The van der Waals surface area contributed by atoms with E-state index in [2.05, 4.69) is 10.9 Å². The molecule has 2 rings (SSSR count). The minimum atomic E-state index is -0.590. The number of carbonyl (C=O) groups is 2. The number of hydrogen-bond donors (Lipinski definition) is 2. The van der Waals surface area contributed by atoms with Crippen LogP contribution in [0, 0.1) is 10.1 Å². The van der Waals surface area contributed by atoms with Crippen LogP contribution in [0.1, 0.15) is 5.76 Å². The fraction of sp³-hybridized carbons (Fsp3) is 0.0667. The molecule has 0 aliphatic heterocycles. The molecule has 9 heteroatoms. The third kappa shape index (κ3) is 5.30. The minimum Gasteiger partial charge on any atom is -0.484 e. The first-order chi connectivity index (χ1) is 11.5. The highest BCUT2D eigenvalue weighted by atomic mass is 16.6. The summed E-state index contributed by atoms with van der Waals surface area (Å²) in [5.41, 5.74) is 4.25. The van der Waals surface area contributed by atoms with Gasteiger partial charge in [-0.2, -0.15) is 0 Å². The fourth-order valence-electron chi connectivity index (χ4n) is 1.57. The Balaban J connectivity index is 1.71. The third-order valence-corrected chi connectivity index (χ3v) is 2.68. The van der Waals surface area contributed by atoms with E-state index in [1.807, 2.05) is 0 Å². The van der Waals surface area contributed by atoms with Crippen molar-refractivity contribution < 1.29 is 23.7 Å². The Kier molecular flexibility index (Phi) is 5.67. The summed E-state index contributed by atoms with van der Waals surface area (Å²) in [5, 5.41) is 10.5. The number of furan rings is 1. The van der Waals surface area contributed by atoms with Gasteiger partial charge in [0.2, 0.25) is 0 Å². The van der Waals surface area contributed by atoms with E-state index in [4.69, 9.17) is 9.15 Å². The molecule has 24 heavy (non-hydrogen) atoms. The molecule has 1 aromatic heterocycles. The Bertz CT molecular complexity index is 737. The van der Waals surface area contributed by atoms with Crippen molar-refractivity contribution in [1.82, 2.24) is 10.9 Å². The van der Waals surface area contributed by atoms with Gasteiger partial charge in [-0.25, -0.2) is 0 Å². The van der Waals surface area contributed by atoms with Crippen molar-refractivity contribution in [2.75, 3.05) is 6.61 Å². The average Bonchev–Trinajstić information content (AvgIpc) is 3.10. The Morgan fingerprint density at radius 3 is 2.58 bits per heavy atom. The predicted molar refractivity (Wildman–Crippen MR) is 82.6 cm³/mol. The minimum absolute atomic E-state index is 0.0811. The number of rotatable bonds is 6. The molecule has 1 heterocycles. The van der Waals surface area contributed by atoms with E-state index in [9.17, 15) is 19.7 Å². The molecule has 2 aromatic rings. The number of nitrogens with zero attached hydrogens (tertiary/aromatic N) is 1. The van der Waals surface area contributed by atoms with E-state index < -0.39 is 16.7 Å². The molecule has 0 aliphatic rings. The lowest BCUT2D eigenvalue weighted by Crippen LogP contribution is -2.43. The lowest BCUT2D eigenvalue weighted by atomic mass is 10.3. The fourth-order valence-corrected chi connectivity index (χ4v) is 1.57. The lowest BCUT2D eigenvalue weighted by Gasteiger charge is -2.07. The molecule has 0 atom stereocenters. The van der Waals surface area contributed by atoms with Gasteiger partial charge < -0.3 is 9.15 Å². The van der Waals surface area contributed by atoms with Crippen LogP contribution in [0.4, 0.5) is 5.69 Å². The van der Waals surface area contributed by atoms with E-state index in [0.29, 0.717) is 11.5 Å². The Morgan fingerprint density at radius 1 is 1.21 bits per heavy atom. The quantitative estimate of drug-likeness (QED) is 0.469. The van der Waals surface area contributed by atoms with E-state index in [1.165, 1.54) is 42.7 Å². The zero-order valence-electron chi connectivity index (χ0n) is 12.3. The van der Waals surface area contributed by atoms with E-state index >= 15 is 0 Å². The van der Waals surface area contributed by atoms with Crippen molar-refractivity contribution in [2.24, 2.45) is 0 Å². The summed E-state index contributed by atoms with van der Waals surface area (Å²) in [6.45, 7) is -0.361. The first kappa shape index (κ1) is 16.7. The van der Waals surface area contributed by atoms with E-state index in [1.54, 1.807) is 12.1 Å². The van der Waals surface area contributed by atoms with Crippen LogP contribution in [0.15, 0.2) is 53.2 Å². The van der Waals surface area contributed by atoms with Crippen molar-refractivity contribution >= 4 is 23.6 Å². The highest BCUT2D eigenvalue weighted by Crippen LogP contribution is 2.16. The molecule has 1 aromatic carbocycles. The molecule has 0 aliphatic carbocycles. The van der Waals surface area contributed by atoms with Gasteiger partial charge in [0.15, 0.2) is 6.61 Å². The first-order valence-corrected chi connectivity index (χ1v) is 6.72. The van der Waals surface area contributed by atoms with Gasteiger partial charge in [-0.1, -0.05) is 0 Å². The molecule has 0 radical (unpaired) electrons. The summed E-state index contributed by atoms with van der Waals surface area (Å²) < 4.78 is 10.1. The summed E-state index contributed by atoms with van der Waals surface area (Å²) >= 11 is 0. The number of carbonyl (C=O) groups excluding carboxylic acids is 2. The molecule has 0 saturated heterocycles. The second-order valence-corrected chi connectivity index (χ2v) is 4.43. The summed E-state index contributed by atoms with van der Waals surface area (Å²) in [6, 6.07) is 8.60. The highest BCUT2D eigenvalue weighted by molar-refractivity contribution is 5.92. The number of non-ortho nitro benzene ring substituents is 1. The van der Waals surface area contributed by atoms with Crippen LogP contribution < -0.4 is 15.6 Å². The molecule has 124 valence electrons. The molecule has 0 spiro atoms. The maximum atomic E-state index is 11.5. The molecular weight excluding hydrogens is 318 g/mol. The van der Waals surface area contributed by atoms with E-state index in [-0.39, 0.29) is 12.3 Å². The van der Waals surface area contributed by atoms with Crippen LogP contribution in [0.3, 0.4) is 0 Å². The number of hydrazine groups is 1. The molecule has 0 bridgehead atoms. The molecule has 0 fully saturated rings. The maximum absolute atomic E-state index is 11.5. The van der Waals surface area contributed by atoms with Gasteiger partial charge in [-0.3, -0.25) is 30.6 Å². The highest BCUT2D eigenvalue weighted by Gasteiger charge is 2.07. The number of nitro groups is 1. The zero-order valence-corrected chi connectivity index (χ0v) is 12.3. The number of benzene rings is 1. The second-order valence-electron chi connectivity index (χ2n) is 4.43. The van der Waals surface area contributed by atoms with Gasteiger partial charge >= 0.3 is 0 Å². The molecule has 2 N–H and O–H groups in total. The Morgan fingerprint density at radius 2 is 1.96 bits per heavy atom. The number of ether oxygens (including phenoxy) is 1. The van der Waals surface area contributed by atoms with Crippen molar-refractivity contribution in [3.8, 4) is 5.75 Å². The Hall–Kier alpha value is -3.62. The molecule has 2 amide bonds. The van der Waals surface area contributed by atoms with Gasteiger partial charge in [-0.15, -0.1) is 0 Å². The third-order valence-electron chi connectivity index (χ3n) is 2.68. The van der Waals surface area contributed by atoms with Crippen molar-refractivity contribution in [3.63, 3.8) is 0 Å². The van der Waals surface area contributed by atoms with Crippen LogP contribution in [0.2, 0.25) is 0 Å². The standard InChI is InChI=1S/C15H13N3O6/c19-14(8-7-12-2-1-9-23-12)16-17-15(20)10-24-13-5-3-11(4-6-13)18(21)22/h1-9H,10H2,(H,16,19)(H,17,20). The first-order valence-electron chi connectivity index (χ1n) is 6.72. The molecular formula is C15H13N3O6. The van der Waals surface area contributed by atoms with Crippen LogP contribution >= 0.6 is 0 Å². The second kappa shape index (κ2) is 8.13. The lowest BCUT2D eigenvalue weighted by molar-refractivity contribution is -0.384. The predicted octanol–water partition coefficient (Wildman–Crippen LogP) is 1.43.